The number of nitrogens with one attached hydrogen (secondary N) is 1. The molecule has 0 saturated carbocycles. The van der Waals surface area contributed by atoms with Crippen LogP contribution in [-0.4, -0.2) is 13.1 Å². The minimum absolute atomic E-state index is 0.473. The molecule has 0 heterocycles. The van der Waals surface area contributed by atoms with Crippen molar-refractivity contribution in [2.75, 3.05) is 13.1 Å². The van der Waals surface area contributed by atoms with Gasteiger partial charge in [0.1, 0.15) is 0 Å². The monoisotopic (exact) mass is 269 g/mol. The Balaban J connectivity index is 3.55. The highest BCUT2D eigenvalue weighted by Gasteiger charge is 2.16. The van der Waals surface area contributed by atoms with Crippen LogP contribution in [0.15, 0.2) is 0 Å². The van der Waals surface area contributed by atoms with E-state index in [0.717, 1.165) is 11.8 Å². The summed E-state index contributed by atoms with van der Waals surface area (Å²) in [6, 6.07) is 0. The van der Waals surface area contributed by atoms with E-state index in [1.54, 1.807) is 0 Å². The van der Waals surface area contributed by atoms with Gasteiger partial charge in [0.2, 0.25) is 0 Å². The van der Waals surface area contributed by atoms with Gasteiger partial charge in [0.05, 0.1) is 0 Å². The Hall–Kier alpha value is -0.0400. The van der Waals surface area contributed by atoms with Crippen LogP contribution in [-0.2, 0) is 0 Å². The second-order valence-electron chi connectivity index (χ2n) is 9.07. The van der Waals surface area contributed by atoms with E-state index in [2.05, 4.69) is 60.7 Å². The maximum absolute atomic E-state index is 3.62. The second-order valence-corrected chi connectivity index (χ2v) is 9.07. The highest BCUT2D eigenvalue weighted by atomic mass is 14.8. The number of rotatable bonds is 8. The van der Waals surface area contributed by atoms with Gasteiger partial charge >= 0.3 is 0 Å². The molecule has 1 N–H and O–H groups in total. The first kappa shape index (κ1) is 19.0. The Morgan fingerprint density at radius 3 is 1.26 bits per heavy atom. The fraction of sp³-hybridized carbons (Fsp3) is 1.00. The van der Waals surface area contributed by atoms with Gasteiger partial charge in [-0.25, -0.2) is 0 Å². The molecule has 2 atom stereocenters. The molecule has 0 rings (SSSR count). The Bertz CT molecular complexity index is 195. The smallest absolute Gasteiger partial charge is 0.00464 e. The van der Waals surface area contributed by atoms with E-state index in [1.165, 1.54) is 38.8 Å². The van der Waals surface area contributed by atoms with Crippen LogP contribution in [0.25, 0.3) is 0 Å². The van der Waals surface area contributed by atoms with Crippen molar-refractivity contribution in [2.45, 2.75) is 81.1 Å². The van der Waals surface area contributed by atoms with Crippen molar-refractivity contribution in [1.29, 1.82) is 0 Å². The van der Waals surface area contributed by atoms with E-state index in [9.17, 15) is 0 Å². The van der Waals surface area contributed by atoms with Crippen LogP contribution in [0, 0.1) is 22.7 Å². The summed E-state index contributed by atoms with van der Waals surface area (Å²) >= 11 is 0. The van der Waals surface area contributed by atoms with Crippen molar-refractivity contribution >= 4 is 0 Å². The third-order valence-electron chi connectivity index (χ3n) is 3.55. The molecule has 1 heteroatoms. The van der Waals surface area contributed by atoms with Gasteiger partial charge in [-0.1, -0.05) is 55.4 Å². The van der Waals surface area contributed by atoms with E-state index in [4.69, 9.17) is 0 Å². The van der Waals surface area contributed by atoms with Gasteiger partial charge < -0.3 is 5.32 Å². The van der Waals surface area contributed by atoms with Gasteiger partial charge in [0.15, 0.2) is 0 Å². The first-order valence-corrected chi connectivity index (χ1v) is 8.20. The first-order chi connectivity index (χ1) is 8.49. The maximum Gasteiger partial charge on any atom is -0.00464 e. The van der Waals surface area contributed by atoms with Crippen LogP contribution in [0.2, 0.25) is 0 Å². The van der Waals surface area contributed by atoms with Gasteiger partial charge in [0.25, 0.3) is 0 Å². The van der Waals surface area contributed by atoms with Gasteiger partial charge in [-0.2, -0.15) is 0 Å². The zero-order chi connectivity index (χ0) is 15.1. The molecule has 0 aromatic carbocycles. The minimum atomic E-state index is 0.473. The molecule has 0 saturated heterocycles. The number of hydrogen-bond donors (Lipinski definition) is 1. The Morgan fingerprint density at radius 1 is 0.684 bits per heavy atom. The van der Waals surface area contributed by atoms with Crippen LogP contribution in [0.5, 0.6) is 0 Å². The standard InChI is InChI=1S/C18H39N/c1-15(13-17(3,4)5)9-11-19-12-10-16(2)14-18(6,7)8/h15-16,19H,9-14H2,1-8H3/t15-,16-/m0/s1. The van der Waals surface area contributed by atoms with Crippen molar-refractivity contribution in [3.63, 3.8) is 0 Å². The molecule has 19 heavy (non-hydrogen) atoms. The highest BCUT2D eigenvalue weighted by Crippen LogP contribution is 2.26. The van der Waals surface area contributed by atoms with Crippen molar-refractivity contribution in [3.8, 4) is 0 Å². The van der Waals surface area contributed by atoms with E-state index in [1.807, 2.05) is 0 Å². The maximum atomic E-state index is 3.62. The minimum Gasteiger partial charge on any atom is -0.317 e. The Kier molecular flexibility index (Phi) is 8.27. The van der Waals surface area contributed by atoms with Gasteiger partial charge in [-0.15, -0.1) is 0 Å². The number of hydrogen-bond acceptors (Lipinski definition) is 1. The summed E-state index contributed by atoms with van der Waals surface area (Å²) in [5, 5.41) is 3.62. The predicted octanol–water partition coefficient (Wildman–Crippen LogP) is 5.50. The first-order valence-electron chi connectivity index (χ1n) is 8.20. The molecule has 0 bridgehead atoms. The molecule has 0 radical (unpaired) electrons. The quantitative estimate of drug-likeness (QED) is 0.574. The topological polar surface area (TPSA) is 12.0 Å². The Morgan fingerprint density at radius 2 is 1.00 bits per heavy atom. The van der Waals surface area contributed by atoms with Crippen LogP contribution >= 0.6 is 0 Å². The van der Waals surface area contributed by atoms with Gasteiger partial charge in [-0.3, -0.25) is 0 Å². The van der Waals surface area contributed by atoms with Crippen molar-refractivity contribution in [2.24, 2.45) is 22.7 Å². The highest BCUT2D eigenvalue weighted by molar-refractivity contribution is 4.69. The summed E-state index contributed by atoms with van der Waals surface area (Å²) in [6.07, 6.45) is 5.28. The van der Waals surface area contributed by atoms with Crippen LogP contribution in [0.4, 0.5) is 0 Å². The SMILES string of the molecule is C[C@@H](CCNCC[C@H](C)CC(C)(C)C)CC(C)(C)C. The molecule has 0 aliphatic carbocycles. The summed E-state index contributed by atoms with van der Waals surface area (Å²) in [5.41, 5.74) is 0.946. The molecule has 0 aromatic heterocycles. The van der Waals surface area contributed by atoms with Crippen molar-refractivity contribution < 1.29 is 0 Å². The fourth-order valence-electron chi connectivity index (χ4n) is 3.12. The average Bonchev–Trinajstić information content (AvgIpc) is 2.10. The molecule has 116 valence electrons. The van der Waals surface area contributed by atoms with Gasteiger partial charge in [-0.05, 0) is 61.4 Å². The summed E-state index contributed by atoms with van der Waals surface area (Å²) in [6.45, 7) is 21.2. The molecule has 0 aliphatic rings. The predicted molar refractivity (Wildman–Crippen MR) is 88.6 cm³/mol. The van der Waals surface area contributed by atoms with Crippen molar-refractivity contribution in [1.82, 2.24) is 5.32 Å². The van der Waals surface area contributed by atoms with E-state index >= 15 is 0 Å². The van der Waals surface area contributed by atoms with Crippen LogP contribution in [0.3, 0.4) is 0 Å². The fourth-order valence-corrected chi connectivity index (χ4v) is 3.12. The average molecular weight is 270 g/mol. The molecule has 1 nitrogen and oxygen atoms in total. The zero-order valence-corrected chi connectivity index (χ0v) is 14.9. The van der Waals surface area contributed by atoms with Crippen LogP contribution in [0.1, 0.15) is 81.1 Å². The molecule has 0 unspecified atom stereocenters. The molecular weight excluding hydrogens is 230 g/mol. The summed E-state index contributed by atoms with van der Waals surface area (Å²) in [7, 11) is 0. The lowest BCUT2D eigenvalue weighted by Crippen LogP contribution is -2.23. The molecule has 0 aromatic rings. The second kappa shape index (κ2) is 8.29. The van der Waals surface area contributed by atoms with Gasteiger partial charge in [0, 0.05) is 0 Å². The lowest BCUT2D eigenvalue weighted by molar-refractivity contribution is 0.286. The molecule has 0 spiro atoms. The Labute approximate surface area is 122 Å². The van der Waals surface area contributed by atoms with E-state index < -0.39 is 0 Å². The third kappa shape index (κ3) is 14.2. The summed E-state index contributed by atoms with van der Waals surface area (Å²) in [5.74, 6) is 1.67. The van der Waals surface area contributed by atoms with Crippen molar-refractivity contribution in [3.05, 3.63) is 0 Å². The summed E-state index contributed by atoms with van der Waals surface area (Å²) in [4.78, 5) is 0. The lowest BCUT2D eigenvalue weighted by atomic mass is 9.84. The zero-order valence-electron chi connectivity index (χ0n) is 14.9. The molecular formula is C18H39N. The third-order valence-corrected chi connectivity index (χ3v) is 3.55. The van der Waals surface area contributed by atoms with E-state index in [-0.39, 0.29) is 0 Å². The molecule has 0 fully saturated rings. The van der Waals surface area contributed by atoms with E-state index in [0.29, 0.717) is 10.8 Å². The van der Waals surface area contributed by atoms with Crippen LogP contribution < -0.4 is 5.32 Å². The molecule has 0 aliphatic heterocycles. The lowest BCUT2D eigenvalue weighted by Gasteiger charge is -2.24. The normalized spacial score (nSPS) is 16.4. The summed E-state index contributed by atoms with van der Waals surface area (Å²) < 4.78 is 0. The molecule has 0 amide bonds. The largest absolute Gasteiger partial charge is 0.317 e.